The number of hydrogen-bond acceptors (Lipinski definition) is 0. The molecule has 0 amide bonds. The summed E-state index contributed by atoms with van der Waals surface area (Å²) < 4.78 is 0. The first-order chi connectivity index (χ1) is 5.63. The van der Waals surface area contributed by atoms with Gasteiger partial charge in [-0.25, -0.2) is 0 Å². The Kier molecular flexibility index (Phi) is 11.5. The summed E-state index contributed by atoms with van der Waals surface area (Å²) in [5.41, 5.74) is 0. The Morgan fingerprint density at radius 2 is 1.00 bits per heavy atom. The van der Waals surface area contributed by atoms with E-state index in [1.54, 1.807) is 10.5 Å². The van der Waals surface area contributed by atoms with Gasteiger partial charge in [-0.1, -0.05) is 20.8 Å². The SMILES string of the molecule is CC(C)(C)P.[CH3][Ge]([CH3])[CH2][CH2][Ge]([CH3])[CH3]. The van der Waals surface area contributed by atoms with E-state index < -0.39 is 28.7 Å². The van der Waals surface area contributed by atoms with Gasteiger partial charge in [0.2, 0.25) is 0 Å². The second-order valence-corrected chi connectivity index (χ2v) is 19.2. The van der Waals surface area contributed by atoms with Gasteiger partial charge in [0.25, 0.3) is 0 Å². The second-order valence-electron chi connectivity index (χ2n) is 5.28. The third-order valence-electron chi connectivity index (χ3n) is 1.12. The average molecular weight is 324 g/mol. The third kappa shape index (κ3) is 42.2. The molecule has 0 rings (SSSR count). The standard InChI is InChI=1S/C6H16Ge2.C4H11P/c1-7(2)5-6-8(3)4;1-4(2,3)5/h5-6H2,1-4H3;5H2,1-3H3. The first kappa shape index (κ1) is 16.9. The van der Waals surface area contributed by atoms with Crippen LogP contribution in [0, 0.1) is 0 Å². The van der Waals surface area contributed by atoms with Gasteiger partial charge in [-0.3, -0.25) is 0 Å². The van der Waals surface area contributed by atoms with Crippen molar-refractivity contribution in [1.29, 1.82) is 0 Å². The summed E-state index contributed by atoms with van der Waals surface area (Å²) in [6.07, 6.45) is 0. The molecule has 1 unspecified atom stereocenters. The van der Waals surface area contributed by atoms with Crippen molar-refractivity contribution in [2.75, 3.05) is 0 Å². The van der Waals surface area contributed by atoms with Gasteiger partial charge >= 0.3 is 62.2 Å². The Morgan fingerprint density at radius 3 is 1.08 bits per heavy atom. The van der Waals surface area contributed by atoms with Gasteiger partial charge in [0.1, 0.15) is 0 Å². The Balaban J connectivity index is 0. The van der Waals surface area contributed by atoms with Crippen LogP contribution >= 0.6 is 9.24 Å². The molecule has 13 heavy (non-hydrogen) atoms. The zero-order valence-corrected chi connectivity index (χ0v) is 15.8. The van der Waals surface area contributed by atoms with Crippen LogP contribution in [0.1, 0.15) is 20.8 Å². The molecule has 0 aromatic carbocycles. The van der Waals surface area contributed by atoms with E-state index >= 15 is 0 Å². The topological polar surface area (TPSA) is 0 Å². The zero-order chi connectivity index (χ0) is 11.1. The minimum atomic E-state index is -0.408. The molecule has 0 N–H and O–H groups in total. The van der Waals surface area contributed by atoms with Gasteiger partial charge in [0, 0.05) is 0 Å². The van der Waals surface area contributed by atoms with Gasteiger partial charge in [-0.15, -0.1) is 9.24 Å². The summed E-state index contributed by atoms with van der Waals surface area (Å²) in [7, 11) is 2.72. The van der Waals surface area contributed by atoms with Crippen LogP contribution in [0.2, 0.25) is 33.5 Å². The van der Waals surface area contributed by atoms with Crippen LogP contribution in [-0.2, 0) is 0 Å². The third-order valence-corrected chi connectivity index (χ3v) is 8.57. The van der Waals surface area contributed by atoms with E-state index in [4.69, 9.17) is 0 Å². The molecule has 0 aromatic heterocycles. The van der Waals surface area contributed by atoms with Crippen molar-refractivity contribution in [2.45, 2.75) is 59.5 Å². The summed E-state index contributed by atoms with van der Waals surface area (Å²) in [5.74, 6) is 9.89. The van der Waals surface area contributed by atoms with E-state index in [0.717, 1.165) is 0 Å². The van der Waals surface area contributed by atoms with Gasteiger partial charge < -0.3 is 0 Å². The Hall–Kier alpha value is 1.52. The van der Waals surface area contributed by atoms with Crippen LogP contribution in [0.5, 0.6) is 0 Å². The van der Waals surface area contributed by atoms with Gasteiger partial charge in [0.15, 0.2) is 0 Å². The summed E-state index contributed by atoms with van der Waals surface area (Å²) in [5, 5.41) is 3.67. The van der Waals surface area contributed by atoms with Crippen LogP contribution in [-0.4, -0.2) is 33.9 Å². The van der Waals surface area contributed by atoms with Crippen molar-refractivity contribution >= 4 is 37.9 Å². The molecule has 0 aliphatic heterocycles. The van der Waals surface area contributed by atoms with E-state index in [0.29, 0.717) is 5.16 Å². The number of rotatable bonds is 3. The molecule has 0 aliphatic rings. The molecule has 0 aromatic rings. The molecule has 0 heterocycles. The molecular formula is C10H27Ge2P. The first-order valence-electron chi connectivity index (χ1n) is 5.00. The molecule has 0 nitrogen and oxygen atoms in total. The Labute approximate surface area is 97.1 Å². The Bertz CT molecular complexity index is 92.0. The molecule has 0 fully saturated rings. The molecule has 0 saturated heterocycles. The fourth-order valence-electron chi connectivity index (χ4n) is 0.500. The van der Waals surface area contributed by atoms with Crippen molar-refractivity contribution in [3.63, 3.8) is 0 Å². The van der Waals surface area contributed by atoms with Crippen LogP contribution < -0.4 is 0 Å². The maximum absolute atomic E-state index is 2.72. The summed E-state index contributed by atoms with van der Waals surface area (Å²) >= 11 is -0.815. The summed E-state index contributed by atoms with van der Waals surface area (Å²) in [6, 6.07) is 0. The normalized spacial score (nSPS) is 11.5. The molecule has 80 valence electrons. The molecule has 2 radical (unpaired) electrons. The fourth-order valence-corrected chi connectivity index (χ4v) is 13.5. The van der Waals surface area contributed by atoms with Crippen LogP contribution in [0.25, 0.3) is 0 Å². The molecule has 0 aliphatic carbocycles. The predicted octanol–water partition coefficient (Wildman–Crippen LogP) is 4.16. The molecular weight excluding hydrogens is 296 g/mol. The van der Waals surface area contributed by atoms with Gasteiger partial charge in [-0.05, 0) is 5.16 Å². The van der Waals surface area contributed by atoms with Crippen LogP contribution in [0.3, 0.4) is 0 Å². The number of hydrogen-bond donors (Lipinski definition) is 0. The van der Waals surface area contributed by atoms with E-state index in [2.05, 4.69) is 53.0 Å². The van der Waals surface area contributed by atoms with E-state index in [1.807, 2.05) is 0 Å². The quantitative estimate of drug-likeness (QED) is 0.540. The zero-order valence-electron chi connectivity index (χ0n) is 10.5. The molecule has 0 spiro atoms. The maximum atomic E-state index is 2.72. The predicted molar refractivity (Wildman–Crippen MR) is 74.0 cm³/mol. The molecule has 1 atom stereocenters. The monoisotopic (exact) mass is 326 g/mol. The average Bonchev–Trinajstić information content (AvgIpc) is 1.79. The van der Waals surface area contributed by atoms with Crippen molar-refractivity contribution in [3.05, 3.63) is 0 Å². The minimum absolute atomic E-state index is 0.408. The summed E-state index contributed by atoms with van der Waals surface area (Å²) in [6.45, 7) is 6.45. The van der Waals surface area contributed by atoms with Gasteiger partial charge in [0.05, 0.1) is 0 Å². The fraction of sp³-hybridized carbons (Fsp3) is 1.00. The Morgan fingerprint density at radius 1 is 0.846 bits per heavy atom. The van der Waals surface area contributed by atoms with Gasteiger partial charge in [-0.2, -0.15) is 0 Å². The first-order valence-corrected chi connectivity index (χ1v) is 16.9. The van der Waals surface area contributed by atoms with Crippen molar-refractivity contribution in [2.24, 2.45) is 0 Å². The van der Waals surface area contributed by atoms with Crippen molar-refractivity contribution in [3.8, 4) is 0 Å². The van der Waals surface area contributed by atoms with Crippen molar-refractivity contribution < 1.29 is 0 Å². The van der Waals surface area contributed by atoms with E-state index in [1.165, 1.54) is 0 Å². The van der Waals surface area contributed by atoms with E-state index in [-0.39, 0.29) is 0 Å². The van der Waals surface area contributed by atoms with Crippen LogP contribution in [0.15, 0.2) is 0 Å². The molecule has 0 bridgehead atoms. The molecule has 3 heteroatoms. The van der Waals surface area contributed by atoms with Crippen LogP contribution in [0.4, 0.5) is 0 Å². The summed E-state index contributed by atoms with van der Waals surface area (Å²) in [4.78, 5) is 0. The molecule has 0 saturated carbocycles. The second kappa shape index (κ2) is 8.79. The van der Waals surface area contributed by atoms with Crippen molar-refractivity contribution in [1.82, 2.24) is 0 Å². The van der Waals surface area contributed by atoms with E-state index in [9.17, 15) is 0 Å².